The van der Waals surface area contributed by atoms with Crippen molar-refractivity contribution in [3.05, 3.63) is 35.6 Å². The van der Waals surface area contributed by atoms with Crippen LogP contribution in [0.1, 0.15) is 0 Å². The molecular formula is C13H15ClN2O3S. The lowest BCUT2D eigenvalue weighted by Gasteiger charge is -2.22. The maximum atomic E-state index is 11.9. The van der Waals surface area contributed by atoms with Crippen molar-refractivity contribution in [3.63, 3.8) is 0 Å². The Bertz CT molecular complexity index is 719. The lowest BCUT2D eigenvalue weighted by atomic mass is 10.1. The fraction of sp³-hybridized carbons (Fsp3) is 0.308. The van der Waals surface area contributed by atoms with Crippen LogP contribution in [0.4, 0.5) is 5.69 Å². The van der Waals surface area contributed by atoms with E-state index in [0.29, 0.717) is 17.3 Å². The monoisotopic (exact) mass is 314 g/mol. The number of anilines is 1. The molecule has 5 nitrogen and oxygen atoms in total. The minimum absolute atomic E-state index is 0.254. The van der Waals surface area contributed by atoms with Gasteiger partial charge in [-0.3, -0.25) is 9.29 Å². The predicted molar refractivity (Wildman–Crippen MR) is 80.8 cm³/mol. The maximum absolute atomic E-state index is 11.9. The van der Waals surface area contributed by atoms with Gasteiger partial charge in [-0.25, -0.2) is 8.42 Å². The van der Waals surface area contributed by atoms with Crippen LogP contribution in [0.5, 0.6) is 0 Å². The fourth-order valence-electron chi connectivity index (χ4n) is 1.93. The molecule has 1 aromatic heterocycles. The Labute approximate surface area is 123 Å². The van der Waals surface area contributed by atoms with Crippen LogP contribution >= 0.6 is 11.6 Å². The molecular weight excluding hydrogens is 300 g/mol. The molecule has 0 fully saturated rings. The van der Waals surface area contributed by atoms with Crippen LogP contribution in [-0.4, -0.2) is 39.9 Å². The summed E-state index contributed by atoms with van der Waals surface area (Å²) in [5, 5.41) is 2.12. The number of nitrogens with zero attached hydrogens (tertiary/aromatic N) is 2. The first-order valence-electron chi connectivity index (χ1n) is 5.93. The highest BCUT2D eigenvalue weighted by molar-refractivity contribution is 7.92. The average molecular weight is 315 g/mol. The minimum atomic E-state index is -3.38. The third kappa shape index (κ3) is 3.20. The van der Waals surface area contributed by atoms with Gasteiger partial charge in [-0.1, -0.05) is 17.7 Å². The molecule has 0 aliphatic carbocycles. The molecule has 0 aliphatic heterocycles. The van der Waals surface area contributed by atoms with Gasteiger partial charge in [0.15, 0.2) is 0 Å². The third-order valence-corrected chi connectivity index (χ3v) is 4.38. The zero-order valence-electron chi connectivity index (χ0n) is 11.2. The van der Waals surface area contributed by atoms with Crippen LogP contribution in [0.3, 0.4) is 0 Å². The molecule has 1 aromatic carbocycles. The smallest absolute Gasteiger partial charge is 0.232 e. The molecule has 2 rings (SSSR count). The summed E-state index contributed by atoms with van der Waals surface area (Å²) in [6.07, 6.45) is 4.39. The van der Waals surface area contributed by atoms with Crippen LogP contribution in [0.15, 0.2) is 30.6 Å². The standard InChI is InChI=1S/C13H15ClN2O3S/c1-19-6-5-16(20(2,17)18)11-4-3-10-8-15-9-13(14)12(10)7-11/h3-4,7-9H,5-6H2,1-2H3. The van der Waals surface area contributed by atoms with Gasteiger partial charge in [-0.2, -0.15) is 0 Å². The molecule has 1 heterocycles. The number of ether oxygens (including phenoxy) is 1. The zero-order valence-corrected chi connectivity index (χ0v) is 12.8. The highest BCUT2D eigenvalue weighted by atomic mass is 35.5. The summed E-state index contributed by atoms with van der Waals surface area (Å²) in [5.41, 5.74) is 0.560. The Balaban J connectivity index is 2.51. The molecule has 0 spiro atoms. The number of fused-ring (bicyclic) bond motifs is 1. The van der Waals surface area contributed by atoms with Gasteiger partial charge in [0.05, 0.1) is 30.1 Å². The number of methoxy groups -OCH3 is 1. The molecule has 0 unspecified atom stereocenters. The van der Waals surface area contributed by atoms with Gasteiger partial charge in [-0.05, 0) is 12.1 Å². The van der Waals surface area contributed by atoms with E-state index < -0.39 is 10.0 Å². The van der Waals surface area contributed by atoms with Gasteiger partial charge in [0, 0.05) is 30.3 Å². The molecule has 0 N–H and O–H groups in total. The second-order valence-corrected chi connectivity index (χ2v) is 6.67. The van der Waals surface area contributed by atoms with E-state index in [0.717, 1.165) is 10.8 Å². The molecule has 0 bridgehead atoms. The van der Waals surface area contributed by atoms with Crippen molar-refractivity contribution in [2.75, 3.05) is 30.8 Å². The zero-order chi connectivity index (χ0) is 14.8. The van der Waals surface area contributed by atoms with Gasteiger partial charge >= 0.3 is 0 Å². The maximum Gasteiger partial charge on any atom is 0.232 e. The van der Waals surface area contributed by atoms with Crippen molar-refractivity contribution < 1.29 is 13.2 Å². The van der Waals surface area contributed by atoms with Crippen molar-refractivity contribution in [3.8, 4) is 0 Å². The number of aromatic nitrogens is 1. The average Bonchev–Trinajstić information content (AvgIpc) is 2.38. The molecule has 0 saturated carbocycles. The van der Waals surface area contributed by atoms with Crippen molar-refractivity contribution in [1.29, 1.82) is 0 Å². The largest absolute Gasteiger partial charge is 0.383 e. The summed E-state index contributed by atoms with van der Waals surface area (Å²) in [6.45, 7) is 0.568. The first kappa shape index (κ1) is 15.0. The Morgan fingerprint density at radius 3 is 2.75 bits per heavy atom. The van der Waals surface area contributed by atoms with Crippen LogP contribution in [0, 0.1) is 0 Å². The number of halogens is 1. The summed E-state index contributed by atoms with van der Waals surface area (Å²) in [6, 6.07) is 5.28. The van der Waals surface area contributed by atoms with E-state index in [1.54, 1.807) is 24.4 Å². The van der Waals surface area contributed by atoms with E-state index in [1.165, 1.54) is 23.9 Å². The number of sulfonamides is 1. The Morgan fingerprint density at radius 1 is 1.35 bits per heavy atom. The van der Waals surface area contributed by atoms with E-state index >= 15 is 0 Å². The summed E-state index contributed by atoms with van der Waals surface area (Å²) < 4.78 is 30.0. The summed E-state index contributed by atoms with van der Waals surface area (Å²) in [5.74, 6) is 0. The topological polar surface area (TPSA) is 59.5 Å². The number of hydrogen-bond donors (Lipinski definition) is 0. The van der Waals surface area contributed by atoms with E-state index in [4.69, 9.17) is 16.3 Å². The second-order valence-electron chi connectivity index (χ2n) is 4.35. The lowest BCUT2D eigenvalue weighted by molar-refractivity contribution is 0.208. The molecule has 0 amide bonds. The van der Waals surface area contributed by atoms with E-state index in [9.17, 15) is 8.42 Å². The fourth-order valence-corrected chi connectivity index (χ4v) is 3.05. The van der Waals surface area contributed by atoms with Crippen LogP contribution in [-0.2, 0) is 14.8 Å². The summed E-state index contributed by atoms with van der Waals surface area (Å²) in [4.78, 5) is 4.00. The molecule has 108 valence electrons. The van der Waals surface area contributed by atoms with Gasteiger partial charge < -0.3 is 4.74 Å². The van der Waals surface area contributed by atoms with Gasteiger partial charge in [0.25, 0.3) is 0 Å². The molecule has 0 saturated heterocycles. The van der Waals surface area contributed by atoms with Crippen LogP contribution < -0.4 is 4.31 Å². The Morgan fingerprint density at radius 2 is 2.10 bits per heavy atom. The summed E-state index contributed by atoms with van der Waals surface area (Å²) in [7, 11) is -1.85. The molecule has 0 atom stereocenters. The number of rotatable bonds is 5. The first-order valence-corrected chi connectivity index (χ1v) is 8.16. The van der Waals surface area contributed by atoms with E-state index in [-0.39, 0.29) is 6.54 Å². The van der Waals surface area contributed by atoms with Crippen molar-refractivity contribution >= 4 is 38.1 Å². The van der Waals surface area contributed by atoms with Crippen LogP contribution in [0.2, 0.25) is 5.02 Å². The normalized spacial score (nSPS) is 11.8. The molecule has 7 heteroatoms. The molecule has 0 radical (unpaired) electrons. The van der Waals surface area contributed by atoms with Gasteiger partial charge in [0.1, 0.15) is 0 Å². The molecule has 0 aliphatic rings. The summed E-state index contributed by atoms with van der Waals surface area (Å²) >= 11 is 6.10. The highest BCUT2D eigenvalue weighted by Crippen LogP contribution is 2.28. The number of pyridine rings is 1. The number of benzene rings is 1. The first-order chi connectivity index (χ1) is 9.43. The molecule has 2 aromatic rings. The molecule has 20 heavy (non-hydrogen) atoms. The lowest BCUT2D eigenvalue weighted by Crippen LogP contribution is -2.32. The van der Waals surface area contributed by atoms with E-state index in [2.05, 4.69) is 4.98 Å². The Kier molecular flexibility index (Phi) is 4.47. The minimum Gasteiger partial charge on any atom is -0.383 e. The van der Waals surface area contributed by atoms with Gasteiger partial charge in [-0.15, -0.1) is 0 Å². The van der Waals surface area contributed by atoms with Crippen LogP contribution in [0.25, 0.3) is 10.8 Å². The second kappa shape index (κ2) is 5.95. The van der Waals surface area contributed by atoms with E-state index in [1.807, 2.05) is 0 Å². The van der Waals surface area contributed by atoms with Crippen molar-refractivity contribution in [2.24, 2.45) is 0 Å². The van der Waals surface area contributed by atoms with Gasteiger partial charge in [0.2, 0.25) is 10.0 Å². The quantitative estimate of drug-likeness (QED) is 0.849. The van der Waals surface area contributed by atoms with Crippen molar-refractivity contribution in [2.45, 2.75) is 0 Å². The third-order valence-electron chi connectivity index (χ3n) is 2.88. The number of hydrogen-bond acceptors (Lipinski definition) is 4. The van der Waals surface area contributed by atoms with Crippen molar-refractivity contribution in [1.82, 2.24) is 4.98 Å². The SMILES string of the molecule is COCCN(c1ccc2cncc(Cl)c2c1)S(C)(=O)=O. The predicted octanol–water partition coefficient (Wildman–Crippen LogP) is 2.30. The Hall–Kier alpha value is -1.37. The highest BCUT2D eigenvalue weighted by Gasteiger charge is 2.17.